The number of hydrogen-bond donors (Lipinski definition) is 1. The zero-order valence-corrected chi connectivity index (χ0v) is 11.3. The smallest absolute Gasteiger partial charge is 0.123 e. The second-order valence-electron chi connectivity index (χ2n) is 3.89. The molecule has 0 unspecified atom stereocenters. The van der Waals surface area contributed by atoms with E-state index in [2.05, 4.69) is 27.3 Å². The molecule has 0 amide bonds. The second-order valence-corrected chi connectivity index (χ2v) is 4.80. The maximum atomic E-state index is 13.0. The van der Waals surface area contributed by atoms with Crippen molar-refractivity contribution in [1.82, 2.24) is 0 Å². The lowest BCUT2D eigenvalue weighted by Crippen LogP contribution is -1.96. The van der Waals surface area contributed by atoms with Crippen molar-refractivity contribution in [2.45, 2.75) is 6.92 Å². The van der Waals surface area contributed by atoms with E-state index >= 15 is 0 Å². The van der Waals surface area contributed by atoms with E-state index in [4.69, 9.17) is 5.26 Å². The first-order chi connectivity index (χ1) is 8.60. The second kappa shape index (κ2) is 5.19. The molecule has 0 aliphatic rings. The highest BCUT2D eigenvalue weighted by atomic mass is 79.9. The molecule has 2 rings (SSSR count). The lowest BCUT2D eigenvalue weighted by Gasteiger charge is -2.11. The minimum absolute atomic E-state index is 0.269. The molecular formula is C14H10BrFN2. The monoisotopic (exact) mass is 304 g/mol. The van der Waals surface area contributed by atoms with Crippen LogP contribution in [0.15, 0.2) is 40.9 Å². The van der Waals surface area contributed by atoms with E-state index in [1.165, 1.54) is 12.1 Å². The van der Waals surface area contributed by atoms with Crippen molar-refractivity contribution in [2.75, 3.05) is 5.32 Å². The Labute approximate surface area is 113 Å². The van der Waals surface area contributed by atoms with Crippen molar-refractivity contribution in [3.05, 3.63) is 57.8 Å². The van der Waals surface area contributed by atoms with E-state index in [1.807, 2.05) is 19.1 Å². The van der Waals surface area contributed by atoms with Crippen LogP contribution in [0.25, 0.3) is 0 Å². The highest BCUT2D eigenvalue weighted by Crippen LogP contribution is 2.26. The van der Waals surface area contributed by atoms with Gasteiger partial charge in [-0.1, -0.05) is 15.9 Å². The lowest BCUT2D eigenvalue weighted by atomic mass is 10.1. The molecule has 1 N–H and O–H groups in total. The van der Waals surface area contributed by atoms with Gasteiger partial charge in [-0.15, -0.1) is 0 Å². The van der Waals surface area contributed by atoms with E-state index in [0.29, 0.717) is 11.3 Å². The molecule has 0 atom stereocenters. The van der Waals surface area contributed by atoms with Crippen LogP contribution in [0.4, 0.5) is 15.8 Å². The molecule has 0 aliphatic carbocycles. The van der Waals surface area contributed by atoms with Crippen molar-refractivity contribution >= 4 is 27.3 Å². The van der Waals surface area contributed by atoms with Gasteiger partial charge in [0, 0.05) is 10.2 Å². The van der Waals surface area contributed by atoms with E-state index in [9.17, 15) is 4.39 Å². The molecular weight excluding hydrogens is 295 g/mol. The Morgan fingerprint density at radius 3 is 2.56 bits per heavy atom. The quantitative estimate of drug-likeness (QED) is 0.886. The van der Waals surface area contributed by atoms with E-state index < -0.39 is 0 Å². The van der Waals surface area contributed by atoms with Gasteiger partial charge in [-0.05, 0) is 48.9 Å². The van der Waals surface area contributed by atoms with Gasteiger partial charge >= 0.3 is 0 Å². The van der Waals surface area contributed by atoms with Gasteiger partial charge in [-0.3, -0.25) is 0 Å². The summed E-state index contributed by atoms with van der Waals surface area (Å²) in [5, 5.41) is 12.2. The molecule has 0 radical (unpaired) electrons. The third kappa shape index (κ3) is 2.69. The summed E-state index contributed by atoms with van der Waals surface area (Å²) in [6, 6.07) is 12.0. The molecule has 0 spiro atoms. The van der Waals surface area contributed by atoms with Crippen LogP contribution < -0.4 is 5.32 Å². The average Bonchev–Trinajstić information content (AvgIpc) is 2.34. The highest BCUT2D eigenvalue weighted by molar-refractivity contribution is 9.10. The molecule has 2 aromatic carbocycles. The lowest BCUT2D eigenvalue weighted by molar-refractivity contribution is 0.627. The zero-order valence-electron chi connectivity index (χ0n) is 9.67. The van der Waals surface area contributed by atoms with Crippen LogP contribution in [-0.2, 0) is 0 Å². The number of nitrogens with zero attached hydrogens (tertiary/aromatic N) is 1. The van der Waals surface area contributed by atoms with Gasteiger partial charge in [-0.25, -0.2) is 4.39 Å². The minimum atomic E-state index is -0.269. The molecule has 0 aliphatic heterocycles. The van der Waals surface area contributed by atoms with Crippen LogP contribution in [0, 0.1) is 24.1 Å². The molecule has 18 heavy (non-hydrogen) atoms. The number of halogens is 2. The van der Waals surface area contributed by atoms with Gasteiger partial charge < -0.3 is 5.32 Å². The molecule has 90 valence electrons. The molecule has 0 aromatic heterocycles. The van der Waals surface area contributed by atoms with Crippen LogP contribution in [0.1, 0.15) is 11.1 Å². The SMILES string of the molecule is Cc1cc(F)ccc1Nc1ccc(Br)cc1C#N. The van der Waals surface area contributed by atoms with Gasteiger partial charge in [0.1, 0.15) is 11.9 Å². The molecule has 0 heterocycles. The number of benzene rings is 2. The number of rotatable bonds is 2. The predicted molar refractivity (Wildman–Crippen MR) is 73.3 cm³/mol. The summed E-state index contributed by atoms with van der Waals surface area (Å²) in [7, 11) is 0. The van der Waals surface area contributed by atoms with Crippen molar-refractivity contribution < 1.29 is 4.39 Å². The van der Waals surface area contributed by atoms with Gasteiger partial charge in [-0.2, -0.15) is 5.26 Å². The molecule has 2 nitrogen and oxygen atoms in total. The Morgan fingerprint density at radius 2 is 1.89 bits per heavy atom. The first-order valence-electron chi connectivity index (χ1n) is 5.33. The van der Waals surface area contributed by atoms with Crippen LogP contribution in [-0.4, -0.2) is 0 Å². The zero-order chi connectivity index (χ0) is 13.1. The Bertz CT molecular complexity index is 632. The molecule has 0 saturated heterocycles. The molecule has 0 bridgehead atoms. The third-order valence-electron chi connectivity index (χ3n) is 2.56. The van der Waals surface area contributed by atoms with Gasteiger partial charge in [0.15, 0.2) is 0 Å². The van der Waals surface area contributed by atoms with Gasteiger partial charge in [0.25, 0.3) is 0 Å². The molecule has 4 heteroatoms. The van der Waals surface area contributed by atoms with Crippen LogP contribution in [0.2, 0.25) is 0 Å². The molecule has 0 fully saturated rings. The summed E-state index contributed by atoms with van der Waals surface area (Å²) in [6.07, 6.45) is 0. The van der Waals surface area contributed by atoms with Crippen LogP contribution in [0.3, 0.4) is 0 Å². The topological polar surface area (TPSA) is 35.8 Å². The number of nitriles is 1. The normalized spacial score (nSPS) is 9.89. The Kier molecular flexibility index (Phi) is 3.63. The van der Waals surface area contributed by atoms with E-state index in [-0.39, 0.29) is 5.82 Å². The van der Waals surface area contributed by atoms with Crippen molar-refractivity contribution in [1.29, 1.82) is 5.26 Å². The Morgan fingerprint density at radius 1 is 1.17 bits per heavy atom. The summed E-state index contributed by atoms with van der Waals surface area (Å²) in [6.45, 7) is 1.82. The standard InChI is InChI=1S/C14H10BrFN2/c1-9-6-12(16)3-5-13(9)18-14-4-2-11(15)7-10(14)8-17/h2-7,18H,1H3. The minimum Gasteiger partial charge on any atom is -0.354 e. The maximum Gasteiger partial charge on any atom is 0.123 e. The average molecular weight is 305 g/mol. The summed E-state index contributed by atoms with van der Waals surface area (Å²) in [5.74, 6) is -0.269. The first kappa shape index (κ1) is 12.6. The molecule has 2 aromatic rings. The molecule has 0 saturated carbocycles. The Balaban J connectivity index is 2.37. The van der Waals surface area contributed by atoms with E-state index in [0.717, 1.165) is 15.7 Å². The number of nitrogens with one attached hydrogen (secondary N) is 1. The number of aryl methyl sites for hydroxylation is 1. The number of anilines is 2. The number of hydrogen-bond acceptors (Lipinski definition) is 2. The Hall–Kier alpha value is -1.86. The van der Waals surface area contributed by atoms with Gasteiger partial charge in [0.05, 0.1) is 11.3 Å². The van der Waals surface area contributed by atoms with Crippen molar-refractivity contribution in [2.24, 2.45) is 0 Å². The largest absolute Gasteiger partial charge is 0.354 e. The van der Waals surface area contributed by atoms with Crippen molar-refractivity contribution in [3.8, 4) is 6.07 Å². The fourth-order valence-electron chi connectivity index (χ4n) is 1.63. The first-order valence-corrected chi connectivity index (χ1v) is 6.12. The maximum absolute atomic E-state index is 13.0. The van der Waals surface area contributed by atoms with Crippen LogP contribution >= 0.6 is 15.9 Å². The predicted octanol–water partition coefficient (Wildman–Crippen LogP) is 4.51. The fraction of sp³-hybridized carbons (Fsp3) is 0.0714. The summed E-state index contributed by atoms with van der Waals surface area (Å²) in [4.78, 5) is 0. The summed E-state index contributed by atoms with van der Waals surface area (Å²) >= 11 is 3.32. The van der Waals surface area contributed by atoms with Gasteiger partial charge in [0.2, 0.25) is 0 Å². The third-order valence-corrected chi connectivity index (χ3v) is 3.05. The summed E-state index contributed by atoms with van der Waals surface area (Å²) in [5.41, 5.74) is 2.82. The van der Waals surface area contributed by atoms with Crippen LogP contribution in [0.5, 0.6) is 0 Å². The highest BCUT2D eigenvalue weighted by Gasteiger charge is 2.05. The van der Waals surface area contributed by atoms with E-state index in [1.54, 1.807) is 12.1 Å². The fourth-order valence-corrected chi connectivity index (χ4v) is 1.99. The summed E-state index contributed by atoms with van der Waals surface area (Å²) < 4.78 is 13.8. The van der Waals surface area contributed by atoms with Crippen molar-refractivity contribution in [3.63, 3.8) is 0 Å².